The number of anilines is 1. The third-order valence-electron chi connectivity index (χ3n) is 3.13. The average Bonchev–Trinajstić information content (AvgIpc) is 2.61. The first-order valence-electron chi connectivity index (χ1n) is 8.06. The molecule has 128 valence electrons. The van der Waals surface area contributed by atoms with Crippen LogP contribution in [-0.2, 0) is 4.79 Å². The van der Waals surface area contributed by atoms with Crippen molar-refractivity contribution in [3.05, 3.63) is 54.6 Å². The summed E-state index contributed by atoms with van der Waals surface area (Å²) in [4.78, 5) is 11.9. The number of hydrogen-bond donors (Lipinski definition) is 1. The summed E-state index contributed by atoms with van der Waals surface area (Å²) in [6, 6.07) is 17.2. The van der Waals surface area contributed by atoms with Gasteiger partial charge in [-0.25, -0.2) is 0 Å². The van der Waals surface area contributed by atoms with Crippen molar-refractivity contribution in [2.24, 2.45) is 0 Å². The van der Waals surface area contributed by atoms with Gasteiger partial charge in [0, 0.05) is 5.69 Å². The molecule has 0 fully saturated rings. The minimum atomic E-state index is 0.00753. The van der Waals surface area contributed by atoms with Gasteiger partial charge in [-0.3, -0.25) is 4.79 Å². The number of nitrogens with one attached hydrogen (secondary N) is 1. The molecule has 0 heterocycles. The number of ether oxygens (including phenoxy) is 2. The summed E-state index contributed by atoms with van der Waals surface area (Å²) in [6.07, 6.45) is 0.913. The van der Waals surface area contributed by atoms with Crippen LogP contribution in [0.4, 0.5) is 5.69 Å². The molecule has 1 amide bonds. The van der Waals surface area contributed by atoms with E-state index in [-0.39, 0.29) is 5.91 Å². The topological polar surface area (TPSA) is 47.6 Å². The van der Waals surface area contributed by atoms with E-state index >= 15 is 0 Å². The van der Waals surface area contributed by atoms with Gasteiger partial charge in [-0.05, 0) is 55.5 Å². The number of para-hydroxylation sites is 1. The second-order valence-corrected chi connectivity index (χ2v) is 6.18. The van der Waals surface area contributed by atoms with Crippen molar-refractivity contribution in [1.82, 2.24) is 0 Å². The normalized spacial score (nSPS) is 10.2. The van der Waals surface area contributed by atoms with Gasteiger partial charge in [0.15, 0.2) is 0 Å². The molecule has 0 unspecified atom stereocenters. The van der Waals surface area contributed by atoms with Gasteiger partial charge in [-0.1, -0.05) is 18.2 Å². The molecule has 0 bridgehead atoms. The third-order valence-corrected chi connectivity index (χ3v) is 4.17. The van der Waals surface area contributed by atoms with E-state index < -0.39 is 0 Å². The van der Waals surface area contributed by atoms with Crippen LogP contribution in [0.5, 0.6) is 11.5 Å². The fraction of sp³-hybridized carbons (Fsp3) is 0.316. The highest BCUT2D eigenvalue weighted by Gasteiger charge is 2.03. The molecule has 0 atom stereocenters. The molecule has 2 aromatic carbocycles. The second-order valence-electron chi connectivity index (χ2n) is 5.07. The van der Waals surface area contributed by atoms with E-state index in [9.17, 15) is 4.79 Å². The van der Waals surface area contributed by atoms with Crippen molar-refractivity contribution in [1.29, 1.82) is 0 Å². The molecular formula is C19H23NO3S. The molecule has 0 spiro atoms. The lowest BCUT2D eigenvalue weighted by atomic mass is 10.3. The van der Waals surface area contributed by atoms with Crippen LogP contribution < -0.4 is 14.8 Å². The van der Waals surface area contributed by atoms with Crippen LogP contribution >= 0.6 is 11.8 Å². The summed E-state index contributed by atoms with van der Waals surface area (Å²) in [5, 5.41) is 2.88. The van der Waals surface area contributed by atoms with Crippen molar-refractivity contribution in [3.8, 4) is 11.5 Å². The lowest BCUT2D eigenvalue weighted by molar-refractivity contribution is -0.113. The largest absolute Gasteiger partial charge is 0.494 e. The average molecular weight is 345 g/mol. The van der Waals surface area contributed by atoms with E-state index in [4.69, 9.17) is 9.47 Å². The minimum Gasteiger partial charge on any atom is -0.494 e. The van der Waals surface area contributed by atoms with Crippen LogP contribution in [0.1, 0.15) is 13.3 Å². The highest BCUT2D eigenvalue weighted by atomic mass is 32.2. The van der Waals surface area contributed by atoms with E-state index in [1.54, 1.807) is 11.8 Å². The smallest absolute Gasteiger partial charge is 0.234 e. The number of carbonyl (C=O) groups excluding carboxylic acids is 1. The van der Waals surface area contributed by atoms with Crippen molar-refractivity contribution in [2.75, 3.05) is 30.0 Å². The van der Waals surface area contributed by atoms with Crippen LogP contribution in [0, 0.1) is 0 Å². The summed E-state index contributed by atoms with van der Waals surface area (Å²) >= 11 is 1.61. The van der Waals surface area contributed by atoms with Gasteiger partial charge >= 0.3 is 0 Å². The zero-order valence-electron chi connectivity index (χ0n) is 13.9. The summed E-state index contributed by atoms with van der Waals surface area (Å²) in [7, 11) is 0. The Balaban J connectivity index is 1.56. The molecule has 2 rings (SSSR count). The Kier molecular flexibility index (Phi) is 8.04. The van der Waals surface area contributed by atoms with Crippen LogP contribution in [0.2, 0.25) is 0 Å². The summed E-state index contributed by atoms with van der Waals surface area (Å²) < 4.78 is 11.0. The maximum atomic E-state index is 11.9. The fourth-order valence-electron chi connectivity index (χ4n) is 2.03. The van der Waals surface area contributed by atoms with Crippen molar-refractivity contribution < 1.29 is 14.3 Å². The van der Waals surface area contributed by atoms with Crippen LogP contribution in [0.15, 0.2) is 54.6 Å². The number of hydrogen-bond acceptors (Lipinski definition) is 4. The molecule has 0 radical (unpaired) electrons. The maximum Gasteiger partial charge on any atom is 0.234 e. The molecule has 4 nitrogen and oxygen atoms in total. The Hall–Kier alpha value is -2.14. The third kappa shape index (κ3) is 6.96. The maximum absolute atomic E-state index is 11.9. The highest BCUT2D eigenvalue weighted by molar-refractivity contribution is 7.99. The second kappa shape index (κ2) is 10.6. The van der Waals surface area contributed by atoms with Crippen LogP contribution in [0.3, 0.4) is 0 Å². The predicted octanol–water partition coefficient (Wildman–Crippen LogP) is 4.23. The lowest BCUT2D eigenvalue weighted by Gasteiger charge is -2.07. The molecule has 0 saturated carbocycles. The van der Waals surface area contributed by atoms with Gasteiger partial charge in [0.2, 0.25) is 5.91 Å². The van der Waals surface area contributed by atoms with Gasteiger partial charge in [0.25, 0.3) is 0 Å². The van der Waals surface area contributed by atoms with Crippen molar-refractivity contribution >= 4 is 23.4 Å². The number of rotatable bonds is 10. The Morgan fingerprint density at radius 3 is 2.42 bits per heavy atom. The van der Waals surface area contributed by atoms with Crippen LogP contribution in [-0.4, -0.2) is 30.6 Å². The first-order valence-corrected chi connectivity index (χ1v) is 9.21. The summed E-state index contributed by atoms with van der Waals surface area (Å²) in [6.45, 7) is 3.24. The number of thioether (sulfide) groups is 1. The van der Waals surface area contributed by atoms with E-state index in [1.165, 1.54) is 0 Å². The minimum absolute atomic E-state index is 0.00753. The van der Waals surface area contributed by atoms with Gasteiger partial charge < -0.3 is 14.8 Å². The molecule has 24 heavy (non-hydrogen) atoms. The standard InChI is InChI=1S/C19H23NO3S/c1-2-22-18-11-9-16(10-12-18)20-19(21)15-24-14-6-13-23-17-7-4-3-5-8-17/h3-5,7-12H,2,6,13-15H2,1H3,(H,20,21). The van der Waals surface area contributed by atoms with Gasteiger partial charge in [0.1, 0.15) is 11.5 Å². The van der Waals surface area contributed by atoms with Gasteiger partial charge in [-0.2, -0.15) is 11.8 Å². The summed E-state index contributed by atoms with van der Waals surface area (Å²) in [5.41, 5.74) is 0.788. The van der Waals surface area contributed by atoms with Crippen molar-refractivity contribution in [3.63, 3.8) is 0 Å². The van der Waals surface area contributed by atoms with Crippen LogP contribution in [0.25, 0.3) is 0 Å². The van der Waals surface area contributed by atoms with Gasteiger partial charge in [0.05, 0.1) is 19.0 Å². The number of carbonyl (C=O) groups is 1. The van der Waals surface area contributed by atoms with E-state index in [0.29, 0.717) is 19.0 Å². The quantitative estimate of drug-likeness (QED) is 0.655. The summed E-state index contributed by atoms with van der Waals surface area (Å²) in [5.74, 6) is 3.04. The molecule has 0 aromatic heterocycles. The Bertz CT molecular complexity index is 602. The molecule has 0 aliphatic heterocycles. The predicted molar refractivity (Wildman–Crippen MR) is 100 cm³/mol. The molecule has 0 aliphatic carbocycles. The number of amides is 1. The monoisotopic (exact) mass is 345 g/mol. The molecule has 5 heteroatoms. The highest BCUT2D eigenvalue weighted by Crippen LogP contribution is 2.16. The lowest BCUT2D eigenvalue weighted by Crippen LogP contribution is -2.14. The SMILES string of the molecule is CCOc1ccc(NC(=O)CSCCCOc2ccccc2)cc1. The van der Waals surface area contributed by atoms with E-state index in [0.717, 1.165) is 29.4 Å². The molecule has 0 aliphatic rings. The molecule has 1 N–H and O–H groups in total. The van der Waals surface area contributed by atoms with E-state index in [1.807, 2.05) is 61.5 Å². The first kappa shape index (κ1) is 18.2. The zero-order valence-corrected chi connectivity index (χ0v) is 14.7. The Morgan fingerprint density at radius 1 is 1.00 bits per heavy atom. The van der Waals surface area contributed by atoms with Crippen molar-refractivity contribution in [2.45, 2.75) is 13.3 Å². The zero-order chi connectivity index (χ0) is 17.0. The Morgan fingerprint density at radius 2 is 1.71 bits per heavy atom. The molecular weight excluding hydrogens is 322 g/mol. The number of benzene rings is 2. The first-order chi connectivity index (χ1) is 11.8. The van der Waals surface area contributed by atoms with E-state index in [2.05, 4.69) is 5.32 Å². The molecule has 0 saturated heterocycles. The Labute approximate surface area is 147 Å². The van der Waals surface area contributed by atoms with Gasteiger partial charge in [-0.15, -0.1) is 0 Å². The fourth-order valence-corrected chi connectivity index (χ4v) is 2.75. The molecule has 2 aromatic rings.